The second kappa shape index (κ2) is 10.1. The van der Waals surface area contributed by atoms with Gasteiger partial charge in [-0.2, -0.15) is 0 Å². The summed E-state index contributed by atoms with van der Waals surface area (Å²) in [4.78, 5) is 4.14. The molecule has 0 saturated heterocycles. The van der Waals surface area contributed by atoms with Crippen molar-refractivity contribution in [3.05, 3.63) is 29.6 Å². The number of hydrogen-bond donors (Lipinski definition) is 3. The number of aliphatic imine (C=N–C) groups is 1. The standard InChI is InChI=1S/C18H28FN3O2/c1-20-18(22-13-14-8-9-17(23)16(19)12-14)21-10-5-11-24-15-6-3-2-4-7-15/h8-9,12,15,23H,2-7,10-11,13H2,1H3,(H2,20,21,22). The summed E-state index contributed by atoms with van der Waals surface area (Å²) in [6, 6.07) is 4.34. The van der Waals surface area contributed by atoms with Gasteiger partial charge in [-0.15, -0.1) is 0 Å². The minimum Gasteiger partial charge on any atom is -0.505 e. The molecule has 0 bridgehead atoms. The quantitative estimate of drug-likeness (QED) is 0.407. The van der Waals surface area contributed by atoms with Gasteiger partial charge in [0.15, 0.2) is 17.5 Å². The van der Waals surface area contributed by atoms with Crippen molar-refractivity contribution in [3.8, 4) is 5.75 Å². The van der Waals surface area contributed by atoms with Gasteiger partial charge in [0.25, 0.3) is 0 Å². The number of hydrogen-bond acceptors (Lipinski definition) is 3. The van der Waals surface area contributed by atoms with E-state index in [1.807, 2.05) is 0 Å². The van der Waals surface area contributed by atoms with Crippen molar-refractivity contribution >= 4 is 5.96 Å². The van der Waals surface area contributed by atoms with Crippen molar-refractivity contribution < 1.29 is 14.2 Å². The van der Waals surface area contributed by atoms with E-state index in [1.165, 1.54) is 44.2 Å². The number of rotatable bonds is 7. The molecule has 24 heavy (non-hydrogen) atoms. The number of guanidine groups is 1. The van der Waals surface area contributed by atoms with Gasteiger partial charge in [0.1, 0.15) is 0 Å². The molecule has 2 rings (SSSR count). The normalized spacial score (nSPS) is 16.2. The van der Waals surface area contributed by atoms with Gasteiger partial charge < -0.3 is 20.5 Å². The van der Waals surface area contributed by atoms with E-state index in [1.54, 1.807) is 13.1 Å². The largest absolute Gasteiger partial charge is 0.505 e. The topological polar surface area (TPSA) is 65.9 Å². The lowest BCUT2D eigenvalue weighted by Crippen LogP contribution is -2.37. The molecular weight excluding hydrogens is 309 g/mol. The van der Waals surface area contributed by atoms with E-state index < -0.39 is 5.82 Å². The minimum absolute atomic E-state index is 0.334. The first kappa shape index (κ1) is 18.5. The van der Waals surface area contributed by atoms with Crippen LogP contribution in [0.3, 0.4) is 0 Å². The van der Waals surface area contributed by atoms with Gasteiger partial charge in [-0.05, 0) is 37.0 Å². The Bertz CT molecular complexity index is 531. The van der Waals surface area contributed by atoms with Crippen molar-refractivity contribution in [3.63, 3.8) is 0 Å². The summed E-state index contributed by atoms with van der Waals surface area (Å²) in [7, 11) is 1.70. The maximum atomic E-state index is 13.3. The third-order valence-electron chi connectivity index (χ3n) is 4.21. The zero-order valence-electron chi connectivity index (χ0n) is 14.4. The number of nitrogens with one attached hydrogen (secondary N) is 2. The lowest BCUT2D eigenvalue weighted by molar-refractivity contribution is 0.0277. The molecule has 0 atom stereocenters. The molecule has 1 aromatic rings. The van der Waals surface area contributed by atoms with Crippen LogP contribution in [0.1, 0.15) is 44.1 Å². The number of nitrogens with zero attached hydrogens (tertiary/aromatic N) is 1. The summed E-state index contributed by atoms with van der Waals surface area (Å²) in [5.41, 5.74) is 0.744. The van der Waals surface area contributed by atoms with E-state index in [9.17, 15) is 9.50 Å². The third kappa shape index (κ3) is 6.35. The predicted molar refractivity (Wildman–Crippen MR) is 93.7 cm³/mol. The smallest absolute Gasteiger partial charge is 0.191 e. The molecule has 6 heteroatoms. The summed E-state index contributed by atoms with van der Waals surface area (Å²) in [6.45, 7) is 1.98. The highest BCUT2D eigenvalue weighted by Crippen LogP contribution is 2.20. The monoisotopic (exact) mass is 337 g/mol. The van der Waals surface area contributed by atoms with Crippen LogP contribution in [0.25, 0.3) is 0 Å². The summed E-state index contributed by atoms with van der Waals surface area (Å²) in [5.74, 6) is -0.280. The molecule has 0 aliphatic heterocycles. The molecule has 1 fully saturated rings. The molecule has 0 unspecified atom stereocenters. The Morgan fingerprint density at radius 2 is 2.08 bits per heavy atom. The zero-order valence-corrected chi connectivity index (χ0v) is 14.4. The van der Waals surface area contributed by atoms with Gasteiger partial charge in [0.05, 0.1) is 6.10 Å². The van der Waals surface area contributed by atoms with Crippen molar-refractivity contribution in [1.29, 1.82) is 0 Å². The first-order valence-electron chi connectivity index (χ1n) is 8.72. The summed E-state index contributed by atoms with van der Waals surface area (Å²) in [6.07, 6.45) is 7.67. The lowest BCUT2D eigenvalue weighted by atomic mass is 9.98. The van der Waals surface area contributed by atoms with Gasteiger partial charge in [0, 0.05) is 26.7 Å². The molecule has 0 spiro atoms. The minimum atomic E-state index is -0.614. The van der Waals surface area contributed by atoms with E-state index in [4.69, 9.17) is 4.74 Å². The van der Waals surface area contributed by atoms with Crippen LogP contribution in [0.4, 0.5) is 4.39 Å². The Balaban J connectivity index is 1.60. The highest BCUT2D eigenvalue weighted by atomic mass is 19.1. The zero-order chi connectivity index (χ0) is 17.2. The molecule has 5 nitrogen and oxygen atoms in total. The molecule has 1 aliphatic rings. The van der Waals surface area contributed by atoms with Crippen LogP contribution in [0, 0.1) is 5.82 Å². The molecule has 1 aliphatic carbocycles. The van der Waals surface area contributed by atoms with Gasteiger partial charge in [-0.25, -0.2) is 4.39 Å². The van der Waals surface area contributed by atoms with Gasteiger partial charge in [-0.1, -0.05) is 25.3 Å². The average Bonchev–Trinajstić information content (AvgIpc) is 2.61. The van der Waals surface area contributed by atoms with Gasteiger partial charge in [-0.3, -0.25) is 4.99 Å². The summed E-state index contributed by atoms with van der Waals surface area (Å²) >= 11 is 0. The van der Waals surface area contributed by atoms with E-state index in [-0.39, 0.29) is 5.75 Å². The maximum Gasteiger partial charge on any atom is 0.191 e. The molecule has 0 heterocycles. The van der Waals surface area contributed by atoms with Crippen LogP contribution in [-0.2, 0) is 11.3 Å². The van der Waals surface area contributed by atoms with Crippen molar-refractivity contribution in [2.75, 3.05) is 20.2 Å². The van der Waals surface area contributed by atoms with E-state index in [2.05, 4.69) is 15.6 Å². The molecular formula is C18H28FN3O2. The Labute approximate surface area is 143 Å². The number of phenolic OH excluding ortho intramolecular Hbond substituents is 1. The first-order valence-corrected chi connectivity index (χ1v) is 8.72. The molecule has 0 radical (unpaired) electrons. The van der Waals surface area contributed by atoms with Crippen LogP contribution in [0.2, 0.25) is 0 Å². The van der Waals surface area contributed by atoms with Gasteiger partial charge >= 0.3 is 0 Å². The van der Waals surface area contributed by atoms with Crippen LogP contribution in [-0.4, -0.2) is 37.4 Å². The fraction of sp³-hybridized carbons (Fsp3) is 0.611. The first-order chi connectivity index (χ1) is 11.7. The fourth-order valence-corrected chi connectivity index (χ4v) is 2.83. The lowest BCUT2D eigenvalue weighted by Gasteiger charge is -2.22. The van der Waals surface area contributed by atoms with Gasteiger partial charge in [0.2, 0.25) is 0 Å². The van der Waals surface area contributed by atoms with Crippen molar-refractivity contribution in [2.45, 2.75) is 51.2 Å². The summed E-state index contributed by atoms with van der Waals surface area (Å²) in [5, 5.41) is 15.5. The molecule has 134 valence electrons. The maximum absolute atomic E-state index is 13.3. The Morgan fingerprint density at radius 3 is 2.79 bits per heavy atom. The number of ether oxygens (including phenoxy) is 1. The summed E-state index contributed by atoms with van der Waals surface area (Å²) < 4.78 is 19.2. The molecule has 1 aromatic carbocycles. The van der Waals surface area contributed by atoms with Crippen molar-refractivity contribution in [2.24, 2.45) is 4.99 Å². The fourth-order valence-electron chi connectivity index (χ4n) is 2.83. The third-order valence-corrected chi connectivity index (χ3v) is 4.21. The SMILES string of the molecule is CN=C(NCCCOC1CCCCC1)NCc1ccc(O)c(F)c1. The molecule has 0 amide bonds. The van der Waals surface area contributed by atoms with Crippen LogP contribution in [0.15, 0.2) is 23.2 Å². The number of halogens is 1. The van der Waals surface area contributed by atoms with E-state index in [0.29, 0.717) is 18.6 Å². The Morgan fingerprint density at radius 1 is 1.29 bits per heavy atom. The number of aromatic hydroxyl groups is 1. The highest BCUT2D eigenvalue weighted by molar-refractivity contribution is 5.79. The van der Waals surface area contributed by atoms with Crippen LogP contribution < -0.4 is 10.6 Å². The second-order valence-corrected chi connectivity index (χ2v) is 6.12. The molecule has 3 N–H and O–H groups in total. The average molecular weight is 337 g/mol. The number of phenols is 1. The Hall–Kier alpha value is -1.82. The van der Waals surface area contributed by atoms with Crippen LogP contribution in [0.5, 0.6) is 5.75 Å². The molecule has 1 saturated carbocycles. The van der Waals surface area contributed by atoms with Crippen molar-refractivity contribution in [1.82, 2.24) is 10.6 Å². The predicted octanol–water partition coefficient (Wildman–Crippen LogP) is 2.94. The highest BCUT2D eigenvalue weighted by Gasteiger charge is 2.13. The van der Waals surface area contributed by atoms with Crippen LogP contribution >= 0.6 is 0 Å². The van der Waals surface area contributed by atoms with E-state index >= 15 is 0 Å². The molecule has 0 aromatic heterocycles. The Kier molecular flexibility index (Phi) is 7.82. The van der Waals surface area contributed by atoms with E-state index in [0.717, 1.165) is 25.1 Å². The number of benzene rings is 1. The second-order valence-electron chi connectivity index (χ2n) is 6.12.